The van der Waals surface area contributed by atoms with Gasteiger partial charge in [0.05, 0.1) is 16.0 Å². The molecule has 0 bridgehead atoms. The van der Waals surface area contributed by atoms with Crippen LogP contribution < -0.4 is 10.1 Å². The number of H-pyrrole nitrogens is 1. The zero-order valence-corrected chi connectivity index (χ0v) is 14.2. The third kappa shape index (κ3) is 2.93. The van der Waals surface area contributed by atoms with Gasteiger partial charge in [0.15, 0.2) is 11.6 Å². The molecule has 8 heteroatoms. The van der Waals surface area contributed by atoms with E-state index in [2.05, 4.69) is 10.3 Å². The van der Waals surface area contributed by atoms with Gasteiger partial charge in [0.1, 0.15) is 17.4 Å². The highest BCUT2D eigenvalue weighted by Crippen LogP contribution is 2.41. The Bertz CT molecular complexity index is 971. The van der Waals surface area contributed by atoms with Crippen molar-refractivity contribution >= 4 is 28.5 Å². The molecule has 0 aliphatic heterocycles. The number of fused-ring (bicyclic) bond motifs is 1. The topological polar surface area (TPSA) is 60.9 Å². The van der Waals surface area contributed by atoms with Gasteiger partial charge in [0, 0.05) is 18.6 Å². The second-order valence-corrected chi connectivity index (χ2v) is 5.94. The monoisotopic (exact) mass is 365 g/mol. The summed E-state index contributed by atoms with van der Waals surface area (Å²) >= 11 is 1.21. The van der Waals surface area contributed by atoms with E-state index in [0.717, 1.165) is 6.07 Å². The summed E-state index contributed by atoms with van der Waals surface area (Å²) in [6.45, 7) is 0. The molecule has 0 aliphatic rings. The highest BCUT2D eigenvalue weighted by molar-refractivity contribution is 7.99. The molecule has 4 nitrogen and oxygen atoms in total. The van der Waals surface area contributed by atoms with Crippen LogP contribution in [0.4, 0.5) is 13.2 Å². The van der Waals surface area contributed by atoms with Crippen LogP contribution in [0.25, 0.3) is 10.9 Å². The van der Waals surface area contributed by atoms with Crippen molar-refractivity contribution < 1.29 is 17.9 Å². The van der Waals surface area contributed by atoms with Crippen LogP contribution in [0.3, 0.4) is 0 Å². The van der Waals surface area contributed by atoms with Crippen molar-refractivity contribution in [3.8, 4) is 11.5 Å². The largest absolute Gasteiger partial charge is 0.453 e. The molecule has 0 radical (unpaired) electrons. The molecule has 0 fully saturated rings. The molecular weight excluding hydrogens is 351 g/mol. The minimum absolute atomic E-state index is 0.0331. The third-order valence-electron chi connectivity index (χ3n) is 3.69. The smallest absolute Gasteiger partial charge is 0.204 e. The molecule has 0 unspecified atom stereocenters. The summed E-state index contributed by atoms with van der Waals surface area (Å²) in [5, 5.41) is 10.7. The molecule has 0 amide bonds. The number of hydrogen-bond acceptors (Lipinski definition) is 3. The maximum absolute atomic E-state index is 14.5. The molecule has 25 heavy (non-hydrogen) atoms. The molecule has 0 aliphatic carbocycles. The van der Waals surface area contributed by atoms with E-state index in [1.54, 1.807) is 12.3 Å². The van der Waals surface area contributed by atoms with E-state index in [0.29, 0.717) is 10.3 Å². The van der Waals surface area contributed by atoms with Crippen LogP contribution >= 0.6 is 11.8 Å². The number of benzene rings is 2. The van der Waals surface area contributed by atoms with E-state index in [1.807, 2.05) is 0 Å². The quantitative estimate of drug-likeness (QED) is 0.358. The SMILES string of the molecule is CNC(=N)c1cc(Oc2c(F)c(F)c3[nH]ccc3c2SC)ccc1F. The fraction of sp³-hybridized carbons (Fsp3) is 0.118. The summed E-state index contributed by atoms with van der Waals surface area (Å²) < 4.78 is 48.1. The molecule has 0 atom stereocenters. The maximum Gasteiger partial charge on any atom is 0.204 e. The summed E-state index contributed by atoms with van der Waals surface area (Å²) in [6, 6.07) is 5.29. The lowest BCUT2D eigenvalue weighted by Gasteiger charge is -2.14. The average molecular weight is 365 g/mol. The Kier molecular flexibility index (Phi) is 4.63. The van der Waals surface area contributed by atoms with Crippen molar-refractivity contribution in [3.63, 3.8) is 0 Å². The number of aromatic amines is 1. The summed E-state index contributed by atoms with van der Waals surface area (Å²) in [4.78, 5) is 3.08. The molecule has 0 saturated carbocycles. The van der Waals surface area contributed by atoms with E-state index in [1.165, 1.54) is 37.1 Å². The molecule has 130 valence electrons. The van der Waals surface area contributed by atoms with Crippen molar-refractivity contribution in [1.29, 1.82) is 5.41 Å². The average Bonchev–Trinajstić information content (AvgIpc) is 3.10. The van der Waals surface area contributed by atoms with Gasteiger partial charge in [-0.05, 0) is 30.5 Å². The second-order valence-electron chi connectivity index (χ2n) is 5.13. The van der Waals surface area contributed by atoms with Crippen LogP contribution in [0.1, 0.15) is 5.56 Å². The van der Waals surface area contributed by atoms with Crippen LogP contribution in [0, 0.1) is 22.9 Å². The van der Waals surface area contributed by atoms with Crippen LogP contribution in [0.2, 0.25) is 0 Å². The van der Waals surface area contributed by atoms with Gasteiger partial charge in [-0.1, -0.05) is 0 Å². The lowest BCUT2D eigenvalue weighted by molar-refractivity contribution is 0.409. The number of thioether (sulfide) groups is 1. The summed E-state index contributed by atoms with van der Waals surface area (Å²) in [6.07, 6.45) is 3.24. The predicted molar refractivity (Wildman–Crippen MR) is 92.4 cm³/mol. The first-order valence-corrected chi connectivity index (χ1v) is 8.46. The van der Waals surface area contributed by atoms with Gasteiger partial charge in [-0.2, -0.15) is 4.39 Å². The Balaban J connectivity index is 2.12. The number of aromatic nitrogens is 1. The third-order valence-corrected chi connectivity index (χ3v) is 4.50. The number of amidine groups is 1. The number of rotatable bonds is 4. The molecule has 1 aromatic heterocycles. The normalized spacial score (nSPS) is 10.9. The van der Waals surface area contributed by atoms with Crippen LogP contribution in [-0.4, -0.2) is 24.1 Å². The molecule has 0 saturated heterocycles. The first-order chi connectivity index (χ1) is 12.0. The van der Waals surface area contributed by atoms with Crippen LogP contribution in [-0.2, 0) is 0 Å². The maximum atomic E-state index is 14.5. The standard InChI is InChI=1S/C17H14F3N3OS/c1-22-17(21)10-7-8(3-4-11(10)18)24-15-13(20)12(19)14-9(5-6-23-14)16(15)25-2/h3-7,23H,1-2H3,(H2,21,22). The molecular formula is C17H14F3N3OS. The van der Waals surface area contributed by atoms with E-state index in [9.17, 15) is 13.2 Å². The summed E-state index contributed by atoms with van der Waals surface area (Å²) in [7, 11) is 1.48. The molecule has 0 spiro atoms. The fourth-order valence-corrected chi connectivity index (χ4v) is 3.18. The number of ether oxygens (including phenoxy) is 1. The lowest BCUT2D eigenvalue weighted by atomic mass is 10.1. The Hall–Kier alpha value is -2.61. The van der Waals surface area contributed by atoms with Crippen molar-refractivity contribution in [2.75, 3.05) is 13.3 Å². The zero-order chi connectivity index (χ0) is 18.1. The summed E-state index contributed by atoms with van der Waals surface area (Å²) in [5.41, 5.74) is 0.0280. The Morgan fingerprint density at radius 1 is 1.20 bits per heavy atom. The van der Waals surface area contributed by atoms with Crippen LogP contribution in [0.5, 0.6) is 11.5 Å². The van der Waals surface area contributed by atoms with E-state index < -0.39 is 17.5 Å². The zero-order valence-electron chi connectivity index (χ0n) is 13.3. The van der Waals surface area contributed by atoms with Gasteiger partial charge in [-0.15, -0.1) is 11.8 Å². The van der Waals surface area contributed by atoms with Gasteiger partial charge in [-0.3, -0.25) is 5.41 Å². The summed E-state index contributed by atoms with van der Waals surface area (Å²) in [5.74, 6) is -3.12. The number of halogens is 3. The molecule has 1 heterocycles. The minimum atomic E-state index is -1.13. The molecule has 3 rings (SSSR count). The van der Waals surface area contributed by atoms with Crippen molar-refractivity contribution in [3.05, 3.63) is 53.5 Å². The molecule has 3 N–H and O–H groups in total. The lowest BCUT2D eigenvalue weighted by Crippen LogP contribution is -2.19. The van der Waals surface area contributed by atoms with Gasteiger partial charge in [0.25, 0.3) is 0 Å². The van der Waals surface area contributed by atoms with Crippen molar-refractivity contribution in [2.45, 2.75) is 4.90 Å². The Morgan fingerprint density at radius 3 is 2.64 bits per heavy atom. The predicted octanol–water partition coefficient (Wildman–Crippen LogP) is 4.64. The Morgan fingerprint density at radius 2 is 1.96 bits per heavy atom. The minimum Gasteiger partial charge on any atom is -0.453 e. The number of nitrogens with one attached hydrogen (secondary N) is 3. The van der Waals surface area contributed by atoms with Gasteiger partial charge in [-0.25, -0.2) is 8.78 Å². The number of hydrogen-bond donors (Lipinski definition) is 3. The van der Waals surface area contributed by atoms with E-state index in [-0.39, 0.29) is 28.4 Å². The van der Waals surface area contributed by atoms with Crippen molar-refractivity contribution in [2.24, 2.45) is 0 Å². The second kappa shape index (κ2) is 6.72. The highest BCUT2D eigenvalue weighted by Gasteiger charge is 2.22. The van der Waals surface area contributed by atoms with Crippen LogP contribution in [0.15, 0.2) is 35.4 Å². The van der Waals surface area contributed by atoms with Gasteiger partial charge >= 0.3 is 0 Å². The van der Waals surface area contributed by atoms with E-state index in [4.69, 9.17) is 10.1 Å². The van der Waals surface area contributed by atoms with E-state index >= 15 is 0 Å². The highest BCUT2D eigenvalue weighted by atomic mass is 32.2. The molecule has 3 aromatic rings. The first kappa shape index (κ1) is 17.2. The molecule has 2 aromatic carbocycles. The first-order valence-electron chi connectivity index (χ1n) is 7.24. The van der Waals surface area contributed by atoms with Crippen molar-refractivity contribution in [1.82, 2.24) is 10.3 Å². The Labute approximate surface area is 145 Å². The fourth-order valence-electron chi connectivity index (χ4n) is 2.48. The van der Waals surface area contributed by atoms with Gasteiger partial charge < -0.3 is 15.0 Å². The van der Waals surface area contributed by atoms with Gasteiger partial charge in [0.2, 0.25) is 5.82 Å².